The van der Waals surface area contributed by atoms with Crippen molar-refractivity contribution in [2.24, 2.45) is 5.73 Å². The van der Waals surface area contributed by atoms with Gasteiger partial charge in [-0.05, 0) is 34.2 Å². The second kappa shape index (κ2) is 6.71. The summed E-state index contributed by atoms with van der Waals surface area (Å²) in [6.07, 6.45) is -0.616. The number of nitrogens with one attached hydrogen (secondary N) is 1. The number of amides is 2. The van der Waals surface area contributed by atoms with Crippen LogP contribution in [0.25, 0.3) is 0 Å². The maximum absolute atomic E-state index is 11.7. The average molecular weight is 402 g/mol. The zero-order valence-corrected chi connectivity index (χ0v) is 13.2. The monoisotopic (exact) mass is 402 g/mol. The van der Waals surface area contributed by atoms with Crippen molar-refractivity contribution in [1.82, 2.24) is 0 Å². The first kappa shape index (κ1) is 14.8. The van der Waals surface area contributed by atoms with Gasteiger partial charge in [0.25, 0.3) is 5.91 Å². The summed E-state index contributed by atoms with van der Waals surface area (Å²) < 4.78 is 5.93. The number of primary amides is 1. The molecule has 3 N–H and O–H groups in total. The van der Waals surface area contributed by atoms with Crippen LogP contribution in [0, 0.1) is 2.88 Å². The molecule has 0 aliphatic rings. The number of hydrogen-bond donors (Lipinski definition) is 2. The van der Waals surface area contributed by atoms with Crippen molar-refractivity contribution in [3.63, 3.8) is 0 Å². The van der Waals surface area contributed by atoms with Gasteiger partial charge in [0, 0.05) is 0 Å². The SMILES string of the molecule is NC(=O)c1cc(I)sc1NC(=O)OCc1ccccc1. The van der Waals surface area contributed by atoms with E-state index < -0.39 is 12.0 Å². The van der Waals surface area contributed by atoms with Crippen LogP contribution in [-0.4, -0.2) is 12.0 Å². The molecule has 7 heteroatoms. The molecule has 0 bridgehead atoms. The molecule has 104 valence electrons. The number of halogens is 1. The van der Waals surface area contributed by atoms with Gasteiger partial charge < -0.3 is 10.5 Å². The first-order chi connectivity index (χ1) is 9.56. The number of ether oxygens (including phenoxy) is 1. The molecule has 2 rings (SSSR count). The van der Waals surface area contributed by atoms with Gasteiger partial charge >= 0.3 is 6.09 Å². The Morgan fingerprint density at radius 3 is 2.65 bits per heavy atom. The number of benzene rings is 1. The zero-order valence-electron chi connectivity index (χ0n) is 10.3. The van der Waals surface area contributed by atoms with Crippen LogP contribution in [0.2, 0.25) is 0 Å². The largest absolute Gasteiger partial charge is 0.444 e. The molecule has 1 aromatic heterocycles. The Labute approximate surface area is 133 Å². The first-order valence-electron chi connectivity index (χ1n) is 5.63. The summed E-state index contributed by atoms with van der Waals surface area (Å²) in [4.78, 5) is 22.9. The summed E-state index contributed by atoms with van der Waals surface area (Å²) in [6, 6.07) is 11.0. The van der Waals surface area contributed by atoms with Gasteiger partial charge in [0.1, 0.15) is 11.6 Å². The topological polar surface area (TPSA) is 81.4 Å². The fourth-order valence-electron chi connectivity index (χ4n) is 1.49. The fourth-order valence-corrected chi connectivity index (χ4v) is 3.24. The quantitative estimate of drug-likeness (QED) is 0.771. The highest BCUT2D eigenvalue weighted by Crippen LogP contribution is 2.29. The number of rotatable bonds is 4. The predicted octanol–water partition coefficient (Wildman–Crippen LogP) is 3.20. The van der Waals surface area contributed by atoms with E-state index in [1.807, 2.05) is 30.3 Å². The highest BCUT2D eigenvalue weighted by Gasteiger charge is 2.15. The number of nitrogens with two attached hydrogens (primary N) is 1. The minimum absolute atomic E-state index is 0.168. The molecule has 0 atom stereocenters. The van der Waals surface area contributed by atoms with E-state index in [9.17, 15) is 9.59 Å². The zero-order chi connectivity index (χ0) is 14.5. The van der Waals surface area contributed by atoms with Crippen molar-refractivity contribution in [3.8, 4) is 0 Å². The molecule has 5 nitrogen and oxygen atoms in total. The molecule has 1 heterocycles. The van der Waals surface area contributed by atoms with E-state index >= 15 is 0 Å². The summed E-state index contributed by atoms with van der Waals surface area (Å²) in [5, 5.41) is 2.94. The van der Waals surface area contributed by atoms with Gasteiger partial charge in [0.05, 0.1) is 8.45 Å². The standard InChI is InChI=1S/C13H11IN2O3S/c14-10-6-9(11(15)17)12(20-10)16-13(18)19-7-8-4-2-1-3-5-8/h1-6H,7H2,(H2,15,17)(H,16,18). The van der Waals surface area contributed by atoms with Gasteiger partial charge in [0.2, 0.25) is 0 Å². The molecular weight excluding hydrogens is 391 g/mol. The van der Waals surface area contributed by atoms with E-state index in [1.54, 1.807) is 6.07 Å². The Bertz CT molecular complexity index is 628. The molecule has 2 aromatic rings. The molecule has 0 spiro atoms. The molecule has 0 saturated carbocycles. The third-order valence-electron chi connectivity index (χ3n) is 2.40. The minimum Gasteiger partial charge on any atom is -0.444 e. The first-order valence-corrected chi connectivity index (χ1v) is 7.52. The fraction of sp³-hybridized carbons (Fsp3) is 0.0769. The lowest BCUT2D eigenvalue weighted by molar-refractivity contribution is 0.100. The molecule has 0 fully saturated rings. The maximum Gasteiger partial charge on any atom is 0.412 e. The van der Waals surface area contributed by atoms with Crippen LogP contribution in [0.3, 0.4) is 0 Å². The van der Waals surface area contributed by atoms with E-state index in [0.29, 0.717) is 5.00 Å². The average Bonchev–Trinajstić information content (AvgIpc) is 2.79. The van der Waals surface area contributed by atoms with Crippen LogP contribution >= 0.6 is 33.9 Å². The van der Waals surface area contributed by atoms with Crippen LogP contribution in [0.5, 0.6) is 0 Å². The van der Waals surface area contributed by atoms with Crippen LogP contribution in [-0.2, 0) is 11.3 Å². The van der Waals surface area contributed by atoms with Crippen LogP contribution in [0.4, 0.5) is 9.80 Å². The van der Waals surface area contributed by atoms with E-state index in [-0.39, 0.29) is 12.2 Å². The lowest BCUT2D eigenvalue weighted by atomic mass is 10.2. The molecule has 0 aliphatic carbocycles. The van der Waals surface area contributed by atoms with Crippen LogP contribution in [0.15, 0.2) is 36.4 Å². The Balaban J connectivity index is 1.96. The van der Waals surface area contributed by atoms with E-state index in [2.05, 4.69) is 27.9 Å². The van der Waals surface area contributed by atoms with Gasteiger partial charge in [-0.15, -0.1) is 11.3 Å². The van der Waals surface area contributed by atoms with Crippen molar-refractivity contribution in [2.75, 3.05) is 5.32 Å². The van der Waals surface area contributed by atoms with Crippen molar-refractivity contribution >= 4 is 50.9 Å². The Hall–Kier alpha value is -1.61. The van der Waals surface area contributed by atoms with Crippen molar-refractivity contribution < 1.29 is 14.3 Å². The summed E-state index contributed by atoms with van der Waals surface area (Å²) in [7, 11) is 0. The minimum atomic E-state index is -0.616. The third kappa shape index (κ3) is 3.94. The Morgan fingerprint density at radius 2 is 2.00 bits per heavy atom. The van der Waals surface area contributed by atoms with Gasteiger partial charge in [-0.1, -0.05) is 30.3 Å². The van der Waals surface area contributed by atoms with Gasteiger partial charge in [-0.2, -0.15) is 0 Å². The number of thiophene rings is 1. The molecule has 20 heavy (non-hydrogen) atoms. The number of carbonyl (C=O) groups excluding carboxylic acids is 2. The Kier molecular flexibility index (Phi) is 4.96. The molecule has 1 aromatic carbocycles. The predicted molar refractivity (Wildman–Crippen MR) is 85.8 cm³/mol. The van der Waals surface area contributed by atoms with Crippen LogP contribution < -0.4 is 11.1 Å². The lowest BCUT2D eigenvalue weighted by Gasteiger charge is -2.06. The molecule has 0 aliphatic heterocycles. The van der Waals surface area contributed by atoms with Gasteiger partial charge in [0.15, 0.2) is 0 Å². The summed E-state index contributed by atoms with van der Waals surface area (Å²) in [5.41, 5.74) is 6.42. The van der Waals surface area contributed by atoms with E-state index in [0.717, 1.165) is 8.45 Å². The molecule has 0 saturated heterocycles. The highest BCUT2D eigenvalue weighted by molar-refractivity contribution is 14.1. The highest BCUT2D eigenvalue weighted by atomic mass is 127. The molecule has 0 unspecified atom stereocenters. The van der Waals surface area contributed by atoms with E-state index in [1.165, 1.54) is 11.3 Å². The van der Waals surface area contributed by atoms with Crippen LogP contribution in [0.1, 0.15) is 15.9 Å². The summed E-state index contributed by atoms with van der Waals surface area (Å²) >= 11 is 3.32. The summed E-state index contributed by atoms with van der Waals surface area (Å²) in [5.74, 6) is -0.581. The second-order valence-electron chi connectivity index (χ2n) is 3.84. The Morgan fingerprint density at radius 1 is 1.30 bits per heavy atom. The van der Waals surface area contributed by atoms with Gasteiger partial charge in [-0.25, -0.2) is 4.79 Å². The third-order valence-corrected chi connectivity index (χ3v) is 4.21. The molecule has 0 radical (unpaired) electrons. The number of anilines is 1. The summed E-state index contributed by atoms with van der Waals surface area (Å²) in [6.45, 7) is 0.168. The number of carbonyl (C=O) groups is 2. The molecular formula is C13H11IN2O3S. The van der Waals surface area contributed by atoms with Crippen molar-refractivity contribution in [3.05, 3.63) is 50.4 Å². The molecule has 2 amide bonds. The van der Waals surface area contributed by atoms with Crippen molar-refractivity contribution in [1.29, 1.82) is 0 Å². The smallest absolute Gasteiger partial charge is 0.412 e. The maximum atomic E-state index is 11.7. The normalized spacial score (nSPS) is 10.1. The lowest BCUT2D eigenvalue weighted by Crippen LogP contribution is -2.17. The number of hydrogen-bond acceptors (Lipinski definition) is 4. The second-order valence-corrected chi connectivity index (χ2v) is 6.79. The van der Waals surface area contributed by atoms with Gasteiger partial charge in [-0.3, -0.25) is 10.1 Å². The van der Waals surface area contributed by atoms with Crippen molar-refractivity contribution in [2.45, 2.75) is 6.61 Å². The van der Waals surface area contributed by atoms with E-state index in [4.69, 9.17) is 10.5 Å².